The van der Waals surface area contributed by atoms with E-state index in [0.717, 1.165) is 69.5 Å². The van der Waals surface area contributed by atoms with Crippen molar-refractivity contribution in [3.8, 4) is 33.6 Å². The lowest BCUT2D eigenvalue weighted by atomic mass is 9.98. The SMILES string of the molecule is CC[C@H](NC(=O)OC)C(=O)N1C[C@@H](C=N)C[C@H]1c1ncc(-c2ccc(-c3ccc4cc(-c5cnc([C@@H]6CC7(CC7)CN6C(=O)[C@@H](NC(=O)OC)C(C)C)[nH]5)ccc4c3)cc2)[nH]1. The Balaban J connectivity index is 0.960. The molecule has 1 spiro atoms. The van der Waals surface area contributed by atoms with E-state index in [4.69, 9.17) is 19.9 Å². The van der Waals surface area contributed by atoms with E-state index in [-0.39, 0.29) is 41.1 Å². The predicted molar refractivity (Wildman–Crippen MR) is 230 cm³/mol. The van der Waals surface area contributed by atoms with Gasteiger partial charge in [0.15, 0.2) is 0 Å². The van der Waals surface area contributed by atoms with Gasteiger partial charge in [0.1, 0.15) is 23.7 Å². The maximum atomic E-state index is 13.9. The van der Waals surface area contributed by atoms with Gasteiger partial charge in [0.25, 0.3) is 0 Å². The Labute approximate surface area is 354 Å². The number of carbonyl (C=O) groups is 4. The first-order chi connectivity index (χ1) is 29.4. The van der Waals surface area contributed by atoms with Crippen molar-refractivity contribution in [2.45, 2.75) is 77.0 Å². The van der Waals surface area contributed by atoms with Crippen molar-refractivity contribution in [2.75, 3.05) is 27.3 Å². The van der Waals surface area contributed by atoms with Gasteiger partial charge in [-0.3, -0.25) is 9.59 Å². The van der Waals surface area contributed by atoms with E-state index in [9.17, 15) is 19.2 Å². The van der Waals surface area contributed by atoms with Crippen LogP contribution >= 0.6 is 0 Å². The minimum absolute atomic E-state index is 0.110. The van der Waals surface area contributed by atoms with Crippen LogP contribution in [0.2, 0.25) is 0 Å². The van der Waals surface area contributed by atoms with Crippen molar-refractivity contribution < 1.29 is 28.7 Å². The molecule has 2 saturated heterocycles. The van der Waals surface area contributed by atoms with Gasteiger partial charge in [-0.15, -0.1) is 0 Å². The molecule has 2 aliphatic heterocycles. The number of hydrogen-bond donors (Lipinski definition) is 5. The normalized spacial score (nSPS) is 20.1. The lowest BCUT2D eigenvalue weighted by molar-refractivity contribution is -0.136. The number of imidazole rings is 2. The van der Waals surface area contributed by atoms with Gasteiger partial charge in [0, 0.05) is 30.8 Å². The predicted octanol–water partition coefficient (Wildman–Crippen LogP) is 7.39. The number of methoxy groups -OCH3 is 2. The van der Waals surface area contributed by atoms with Gasteiger partial charge in [0.2, 0.25) is 11.8 Å². The summed E-state index contributed by atoms with van der Waals surface area (Å²) in [6, 6.07) is 19.0. The number of nitrogens with one attached hydrogen (secondary N) is 5. The average molecular weight is 828 g/mol. The van der Waals surface area contributed by atoms with E-state index in [1.807, 2.05) is 44.0 Å². The minimum Gasteiger partial charge on any atom is -0.453 e. The second-order valence-corrected chi connectivity index (χ2v) is 17.0. The molecule has 0 bridgehead atoms. The molecule has 8 rings (SSSR count). The standard InChI is InChI=1S/C46H53N9O6/c1-6-34(52-44(58)60-4)42(56)54-24-27(21-47)17-37(54)40-48-22-35(50-40)29-9-7-28(8-10-29)30-11-12-32-19-33(14-13-31(32)18-30)36-23-49-41(51-36)38-20-46(15-16-46)25-55(38)43(57)39(26(2)3)53-45(59)61-5/h7-14,18-19,21-23,26-27,34,37-39,47H,6,15-17,20,24-25H2,1-5H3,(H,48,50)(H,49,51)(H,52,58)(H,53,59)/t27-,34+,37+,38+,39+/m1/s1. The van der Waals surface area contributed by atoms with E-state index in [1.54, 1.807) is 11.1 Å². The summed E-state index contributed by atoms with van der Waals surface area (Å²) in [5, 5.41) is 15.4. The van der Waals surface area contributed by atoms with Crippen molar-refractivity contribution in [2.24, 2.45) is 17.3 Å². The monoisotopic (exact) mass is 827 g/mol. The van der Waals surface area contributed by atoms with Crippen LogP contribution in [-0.2, 0) is 19.1 Å². The van der Waals surface area contributed by atoms with Crippen LogP contribution in [0.25, 0.3) is 44.4 Å². The molecular formula is C46H53N9O6. The summed E-state index contributed by atoms with van der Waals surface area (Å²) >= 11 is 0. The van der Waals surface area contributed by atoms with Crippen LogP contribution in [0.1, 0.15) is 76.6 Å². The number of amides is 4. The molecule has 2 aromatic heterocycles. The van der Waals surface area contributed by atoms with E-state index in [1.165, 1.54) is 20.4 Å². The zero-order chi connectivity index (χ0) is 43.0. The Hall–Kier alpha value is -6.51. The maximum Gasteiger partial charge on any atom is 0.407 e. The molecule has 15 nitrogen and oxygen atoms in total. The first-order valence-corrected chi connectivity index (χ1v) is 21.0. The number of aromatic amines is 2. The molecule has 318 valence electrons. The summed E-state index contributed by atoms with van der Waals surface area (Å²) in [6.07, 6.45) is 7.66. The van der Waals surface area contributed by atoms with E-state index in [2.05, 4.69) is 74.1 Å². The fraction of sp³-hybridized carbons (Fsp3) is 0.413. The average Bonchev–Trinajstić information content (AvgIpc) is 3.78. The van der Waals surface area contributed by atoms with Crippen LogP contribution < -0.4 is 10.6 Å². The second-order valence-electron chi connectivity index (χ2n) is 17.0. The molecule has 0 unspecified atom stereocenters. The molecule has 5 N–H and O–H groups in total. The first kappa shape index (κ1) is 41.2. The number of fused-ring (bicyclic) bond motifs is 1. The molecule has 61 heavy (non-hydrogen) atoms. The van der Waals surface area contributed by atoms with Crippen molar-refractivity contribution in [3.05, 3.63) is 84.7 Å². The van der Waals surface area contributed by atoms with Crippen molar-refractivity contribution in [1.82, 2.24) is 40.4 Å². The third-order valence-electron chi connectivity index (χ3n) is 12.7. The molecule has 15 heteroatoms. The smallest absolute Gasteiger partial charge is 0.407 e. The number of nitrogens with zero attached hydrogens (tertiary/aromatic N) is 4. The maximum absolute atomic E-state index is 13.9. The number of H-pyrrole nitrogens is 2. The van der Waals surface area contributed by atoms with Crippen LogP contribution in [0.4, 0.5) is 9.59 Å². The molecule has 1 saturated carbocycles. The Morgan fingerprint density at radius 2 is 1.38 bits per heavy atom. The molecule has 3 fully saturated rings. The summed E-state index contributed by atoms with van der Waals surface area (Å²) < 4.78 is 9.54. The fourth-order valence-electron chi connectivity index (χ4n) is 8.92. The van der Waals surface area contributed by atoms with E-state index in [0.29, 0.717) is 31.8 Å². The molecule has 1 aliphatic carbocycles. The summed E-state index contributed by atoms with van der Waals surface area (Å²) in [5.74, 6) is 0.814. The number of likely N-dealkylation sites (tertiary alicyclic amines) is 2. The van der Waals surface area contributed by atoms with Gasteiger partial charge >= 0.3 is 12.2 Å². The van der Waals surface area contributed by atoms with Gasteiger partial charge < -0.3 is 45.3 Å². The third kappa shape index (κ3) is 8.33. The summed E-state index contributed by atoms with van der Waals surface area (Å²) in [7, 11) is 2.57. The largest absolute Gasteiger partial charge is 0.453 e. The number of carbonyl (C=O) groups excluding carboxylic acids is 4. The fourth-order valence-corrected chi connectivity index (χ4v) is 8.92. The molecule has 5 atom stereocenters. The molecule has 5 aromatic rings. The highest BCUT2D eigenvalue weighted by Gasteiger charge is 2.55. The Kier molecular flexibility index (Phi) is 11.4. The van der Waals surface area contributed by atoms with Crippen molar-refractivity contribution >= 4 is 41.0 Å². The lowest BCUT2D eigenvalue weighted by Crippen LogP contribution is -2.51. The van der Waals surface area contributed by atoms with Crippen LogP contribution in [-0.4, -0.2) is 99.3 Å². The number of rotatable bonds is 12. The highest BCUT2D eigenvalue weighted by molar-refractivity contribution is 5.91. The molecular weight excluding hydrogens is 775 g/mol. The van der Waals surface area contributed by atoms with Gasteiger partial charge in [-0.05, 0) is 83.0 Å². The second kappa shape index (κ2) is 16.9. The quantitative estimate of drug-likeness (QED) is 0.0802. The van der Waals surface area contributed by atoms with E-state index >= 15 is 0 Å². The van der Waals surface area contributed by atoms with Crippen molar-refractivity contribution in [1.29, 1.82) is 5.41 Å². The Bertz CT molecular complexity index is 2450. The number of hydrogen-bond acceptors (Lipinski definition) is 9. The number of alkyl carbamates (subject to hydrolysis) is 2. The minimum atomic E-state index is -0.741. The molecule has 3 aromatic carbocycles. The Morgan fingerprint density at radius 1 is 0.803 bits per heavy atom. The molecule has 3 aliphatic rings. The first-order valence-electron chi connectivity index (χ1n) is 21.0. The number of ether oxygens (including phenoxy) is 2. The molecule has 4 heterocycles. The molecule has 0 radical (unpaired) electrons. The van der Waals surface area contributed by atoms with Crippen molar-refractivity contribution in [3.63, 3.8) is 0 Å². The van der Waals surface area contributed by atoms with Crippen LogP contribution in [0.3, 0.4) is 0 Å². The third-order valence-corrected chi connectivity index (χ3v) is 12.7. The van der Waals surface area contributed by atoms with Gasteiger partial charge in [0.05, 0.1) is 50.1 Å². The van der Waals surface area contributed by atoms with Gasteiger partial charge in [-0.1, -0.05) is 69.3 Å². The van der Waals surface area contributed by atoms with E-state index < -0.39 is 24.3 Å². The van der Waals surface area contributed by atoms with Crippen LogP contribution in [0, 0.1) is 22.7 Å². The number of aromatic nitrogens is 4. The zero-order valence-electron chi connectivity index (χ0n) is 35.2. The van der Waals surface area contributed by atoms with Gasteiger partial charge in [-0.25, -0.2) is 19.6 Å². The zero-order valence-corrected chi connectivity index (χ0v) is 35.2. The lowest BCUT2D eigenvalue weighted by Gasteiger charge is -2.30. The van der Waals surface area contributed by atoms with Gasteiger partial charge in [-0.2, -0.15) is 0 Å². The highest BCUT2D eigenvalue weighted by atomic mass is 16.5. The Morgan fingerprint density at radius 3 is 1.98 bits per heavy atom. The summed E-state index contributed by atoms with van der Waals surface area (Å²) in [4.78, 5) is 71.5. The van der Waals surface area contributed by atoms with Crippen LogP contribution in [0.15, 0.2) is 73.1 Å². The summed E-state index contributed by atoms with van der Waals surface area (Å²) in [5.41, 5.74) is 5.87. The molecule has 4 amide bonds. The highest BCUT2D eigenvalue weighted by Crippen LogP contribution is 2.58. The summed E-state index contributed by atoms with van der Waals surface area (Å²) in [6.45, 7) is 6.69. The van der Waals surface area contributed by atoms with Crippen LogP contribution in [0.5, 0.6) is 0 Å². The topological polar surface area (TPSA) is 198 Å². The number of benzene rings is 3.